The van der Waals surface area contributed by atoms with Crippen LogP contribution >= 0.6 is 23.6 Å². The second kappa shape index (κ2) is 10.3. The van der Waals surface area contributed by atoms with E-state index in [9.17, 15) is 9.35 Å². The predicted molar refractivity (Wildman–Crippen MR) is 147 cm³/mol. The Morgan fingerprint density at radius 3 is 2.36 bits per heavy atom. The van der Waals surface area contributed by atoms with Crippen molar-refractivity contribution in [1.29, 1.82) is 0 Å². The summed E-state index contributed by atoms with van der Waals surface area (Å²) in [4.78, 5) is 14.0. The van der Waals surface area contributed by atoms with E-state index < -0.39 is 0 Å². The van der Waals surface area contributed by atoms with Crippen molar-refractivity contribution in [2.75, 3.05) is 6.61 Å². The van der Waals surface area contributed by atoms with E-state index in [1.165, 1.54) is 5.56 Å². The van der Waals surface area contributed by atoms with E-state index in [1.54, 1.807) is 0 Å². The summed E-state index contributed by atoms with van der Waals surface area (Å²) in [5.41, 5.74) is 13.0. The maximum absolute atomic E-state index is 13.1. The normalized spacial score (nSPS) is 19.6. The first-order valence-corrected chi connectivity index (χ1v) is 13.5. The average Bonchev–Trinajstić information content (AvgIpc) is 3.79. The largest absolute Gasteiger partial charge is 0.489 e. The van der Waals surface area contributed by atoms with Crippen molar-refractivity contribution in [1.82, 2.24) is 0 Å². The maximum atomic E-state index is 13.1. The SMILES string of the molecule is Cc1cccc(C)c1/C(N)=C(\COc1ccc(C2CC2c2ccc(SO)cc2)c(Cl)c1)C(=O)C1CC1. The highest BCUT2D eigenvalue weighted by molar-refractivity contribution is 7.93. The second-order valence-corrected chi connectivity index (χ2v) is 10.9. The lowest BCUT2D eigenvalue weighted by Gasteiger charge is -2.16. The molecule has 3 N–H and O–H groups in total. The number of benzene rings is 3. The molecule has 3 aromatic carbocycles. The summed E-state index contributed by atoms with van der Waals surface area (Å²) in [7, 11) is 0. The number of Topliss-reactive ketones (excluding diaryl/α,β-unsaturated/α-hetero) is 1. The zero-order valence-electron chi connectivity index (χ0n) is 20.5. The summed E-state index contributed by atoms with van der Waals surface area (Å²) in [6.07, 6.45) is 2.86. The smallest absolute Gasteiger partial charge is 0.167 e. The van der Waals surface area contributed by atoms with Gasteiger partial charge in [-0.1, -0.05) is 48.0 Å². The highest BCUT2D eigenvalue weighted by Crippen LogP contribution is 2.56. The van der Waals surface area contributed by atoms with Crippen LogP contribution in [0.1, 0.15) is 58.9 Å². The molecule has 0 bridgehead atoms. The van der Waals surface area contributed by atoms with E-state index in [0.29, 0.717) is 33.9 Å². The fraction of sp³-hybridized carbons (Fsp3) is 0.300. The molecule has 186 valence electrons. The van der Waals surface area contributed by atoms with Crippen LogP contribution < -0.4 is 10.5 Å². The number of hydrogen-bond donors (Lipinski definition) is 2. The van der Waals surface area contributed by atoms with E-state index in [0.717, 1.165) is 58.5 Å². The first-order chi connectivity index (χ1) is 17.4. The van der Waals surface area contributed by atoms with Gasteiger partial charge in [0.15, 0.2) is 5.78 Å². The second-order valence-electron chi connectivity index (χ2n) is 9.88. The Hall–Kier alpha value is -2.73. The van der Waals surface area contributed by atoms with Gasteiger partial charge in [-0.3, -0.25) is 4.79 Å². The van der Waals surface area contributed by atoms with Gasteiger partial charge in [0.25, 0.3) is 0 Å². The van der Waals surface area contributed by atoms with Crippen LogP contribution in [0.2, 0.25) is 5.02 Å². The molecule has 2 aliphatic rings. The van der Waals surface area contributed by atoms with E-state index in [1.807, 2.05) is 62.4 Å². The fourth-order valence-corrected chi connectivity index (χ4v) is 5.57. The van der Waals surface area contributed by atoms with Gasteiger partial charge in [0.1, 0.15) is 12.4 Å². The first kappa shape index (κ1) is 24.9. The number of carbonyl (C=O) groups excluding carboxylic acids is 1. The van der Waals surface area contributed by atoms with Gasteiger partial charge < -0.3 is 15.0 Å². The molecule has 2 atom stereocenters. The summed E-state index contributed by atoms with van der Waals surface area (Å²) in [6.45, 7) is 4.14. The van der Waals surface area contributed by atoms with Crippen LogP contribution in [0.4, 0.5) is 0 Å². The summed E-state index contributed by atoms with van der Waals surface area (Å²) in [5, 5.41) is 0.671. The number of halogens is 1. The summed E-state index contributed by atoms with van der Waals surface area (Å²) in [5.74, 6) is 1.56. The van der Waals surface area contributed by atoms with Crippen molar-refractivity contribution >= 4 is 35.1 Å². The van der Waals surface area contributed by atoms with Crippen molar-refractivity contribution in [3.05, 3.63) is 99.1 Å². The zero-order valence-corrected chi connectivity index (χ0v) is 22.0. The lowest BCUT2D eigenvalue weighted by molar-refractivity contribution is -0.116. The third-order valence-electron chi connectivity index (χ3n) is 7.28. The highest BCUT2D eigenvalue weighted by atomic mass is 35.5. The minimum atomic E-state index is 0.0503. The van der Waals surface area contributed by atoms with Crippen molar-refractivity contribution in [2.45, 2.75) is 49.8 Å². The van der Waals surface area contributed by atoms with Gasteiger partial charge in [-0.05, 0) is 91.5 Å². The molecule has 0 heterocycles. The number of nitrogens with two attached hydrogens (primary N) is 1. The molecule has 0 radical (unpaired) electrons. The Morgan fingerprint density at radius 2 is 1.75 bits per heavy atom. The number of aryl methyl sites for hydroxylation is 2. The van der Waals surface area contributed by atoms with Crippen LogP contribution in [-0.2, 0) is 4.79 Å². The molecule has 6 heteroatoms. The molecule has 4 nitrogen and oxygen atoms in total. The molecule has 2 aliphatic carbocycles. The lowest BCUT2D eigenvalue weighted by Crippen LogP contribution is -2.19. The lowest BCUT2D eigenvalue weighted by atomic mass is 9.95. The molecule has 5 rings (SSSR count). The molecule has 0 aliphatic heterocycles. The van der Waals surface area contributed by atoms with Gasteiger partial charge in [0.2, 0.25) is 0 Å². The fourth-order valence-electron chi connectivity index (χ4n) is 5.00. The first-order valence-electron chi connectivity index (χ1n) is 12.3. The molecular formula is C30H30ClNO3S. The van der Waals surface area contributed by atoms with E-state index in [4.69, 9.17) is 22.1 Å². The van der Waals surface area contributed by atoms with Gasteiger partial charge in [-0.15, -0.1) is 0 Å². The molecule has 0 aromatic heterocycles. The summed E-state index contributed by atoms with van der Waals surface area (Å²) in [6, 6.07) is 19.8. The Kier molecular flexibility index (Phi) is 7.16. The molecule has 2 unspecified atom stereocenters. The molecule has 2 saturated carbocycles. The van der Waals surface area contributed by atoms with Gasteiger partial charge in [0.05, 0.1) is 5.57 Å². The Bertz CT molecular complexity index is 1310. The molecule has 0 saturated heterocycles. The quantitative estimate of drug-likeness (QED) is 0.226. The number of carbonyl (C=O) groups is 1. The standard InChI is InChI=1S/C30H30ClNO3S/c1-17-4-3-5-18(2)28(17)29(32)26(30(33)20-6-7-20)16-35-21-10-13-23(27(31)14-21)25-15-24(25)19-8-11-22(36-34)12-9-19/h3-5,8-14,20,24-25,34H,6-7,15-16,32H2,1-2H3/b29-26-. The van der Waals surface area contributed by atoms with Crippen LogP contribution in [0.3, 0.4) is 0 Å². The van der Waals surface area contributed by atoms with Gasteiger partial charge in [-0.2, -0.15) is 0 Å². The predicted octanol–water partition coefficient (Wildman–Crippen LogP) is 7.52. The Balaban J connectivity index is 1.33. The van der Waals surface area contributed by atoms with Crippen LogP contribution in [0.25, 0.3) is 5.70 Å². The molecule has 2 fully saturated rings. The van der Waals surface area contributed by atoms with Gasteiger partial charge >= 0.3 is 0 Å². The van der Waals surface area contributed by atoms with Crippen LogP contribution in [0, 0.1) is 19.8 Å². The monoisotopic (exact) mass is 519 g/mol. The highest BCUT2D eigenvalue weighted by Gasteiger charge is 2.40. The van der Waals surface area contributed by atoms with E-state index in [-0.39, 0.29) is 18.3 Å². The summed E-state index contributed by atoms with van der Waals surface area (Å²) < 4.78 is 15.3. The summed E-state index contributed by atoms with van der Waals surface area (Å²) >= 11 is 7.44. The van der Waals surface area contributed by atoms with Crippen molar-refractivity contribution in [3.8, 4) is 5.75 Å². The Morgan fingerprint density at radius 1 is 1.06 bits per heavy atom. The topological polar surface area (TPSA) is 72.6 Å². The average molecular weight is 520 g/mol. The molecule has 0 spiro atoms. The number of ether oxygens (including phenoxy) is 1. The number of ketones is 1. The zero-order chi connectivity index (χ0) is 25.4. The molecule has 0 amide bonds. The minimum absolute atomic E-state index is 0.0503. The third kappa shape index (κ3) is 5.19. The minimum Gasteiger partial charge on any atom is -0.489 e. The van der Waals surface area contributed by atoms with Crippen LogP contribution in [-0.4, -0.2) is 16.9 Å². The van der Waals surface area contributed by atoms with E-state index in [2.05, 4.69) is 12.1 Å². The van der Waals surface area contributed by atoms with Gasteiger partial charge in [0, 0.05) is 39.1 Å². The molecular weight excluding hydrogens is 490 g/mol. The van der Waals surface area contributed by atoms with Crippen molar-refractivity contribution < 1.29 is 14.1 Å². The third-order valence-corrected chi connectivity index (χ3v) is 8.09. The maximum Gasteiger partial charge on any atom is 0.167 e. The molecule has 3 aromatic rings. The molecule has 36 heavy (non-hydrogen) atoms. The Labute approximate surface area is 221 Å². The number of hydrogen-bond acceptors (Lipinski definition) is 5. The van der Waals surface area contributed by atoms with Gasteiger partial charge in [-0.25, -0.2) is 0 Å². The van der Waals surface area contributed by atoms with Crippen molar-refractivity contribution in [3.63, 3.8) is 0 Å². The van der Waals surface area contributed by atoms with E-state index >= 15 is 0 Å². The number of rotatable bonds is 9. The van der Waals surface area contributed by atoms with Crippen LogP contribution in [0.15, 0.2) is 71.1 Å². The van der Waals surface area contributed by atoms with Crippen LogP contribution in [0.5, 0.6) is 5.75 Å². The van der Waals surface area contributed by atoms with Crippen molar-refractivity contribution in [2.24, 2.45) is 11.7 Å².